The summed E-state index contributed by atoms with van der Waals surface area (Å²) < 4.78 is 5.49. The summed E-state index contributed by atoms with van der Waals surface area (Å²) >= 11 is 0. The van der Waals surface area contributed by atoms with Gasteiger partial charge in [-0.15, -0.1) is 0 Å². The summed E-state index contributed by atoms with van der Waals surface area (Å²) in [5.74, 6) is 0.0830. The van der Waals surface area contributed by atoms with Crippen molar-refractivity contribution in [2.24, 2.45) is 0 Å². The summed E-state index contributed by atoms with van der Waals surface area (Å²) in [4.78, 5) is 28.7. The normalized spacial score (nSPS) is 22.8. The van der Waals surface area contributed by atoms with Crippen molar-refractivity contribution in [3.05, 3.63) is 29.3 Å². The van der Waals surface area contributed by atoms with Crippen molar-refractivity contribution < 1.29 is 14.3 Å². The van der Waals surface area contributed by atoms with Crippen LogP contribution in [0.25, 0.3) is 0 Å². The van der Waals surface area contributed by atoms with Gasteiger partial charge in [0.05, 0.1) is 0 Å². The van der Waals surface area contributed by atoms with E-state index in [2.05, 4.69) is 11.4 Å². The van der Waals surface area contributed by atoms with Crippen molar-refractivity contribution in [3.63, 3.8) is 0 Å². The Balaban J connectivity index is 1.33. The fourth-order valence-corrected chi connectivity index (χ4v) is 4.20. The highest BCUT2D eigenvalue weighted by molar-refractivity contribution is 5.90. The number of nitrogens with one attached hydrogen (secondary N) is 1. The molecule has 4 rings (SSSR count). The van der Waals surface area contributed by atoms with Crippen LogP contribution in [0.15, 0.2) is 18.2 Å². The molecule has 0 bridgehead atoms. The predicted molar refractivity (Wildman–Crippen MR) is 99.2 cm³/mol. The highest BCUT2D eigenvalue weighted by Gasteiger charge is 2.31. The number of hydrogen-bond acceptors (Lipinski definition) is 3. The predicted octanol–water partition coefficient (Wildman–Crippen LogP) is 2.42. The van der Waals surface area contributed by atoms with Crippen LogP contribution >= 0.6 is 0 Å². The minimum Gasteiger partial charge on any atom is -0.368 e. The number of carbonyl (C=O) groups excluding carboxylic acids is 2. The molecule has 1 aromatic carbocycles. The Morgan fingerprint density at radius 3 is 2.54 bits per heavy atom. The fourth-order valence-electron chi connectivity index (χ4n) is 4.20. The first-order valence-corrected chi connectivity index (χ1v) is 9.79. The molecule has 0 aromatic heterocycles. The molecule has 0 spiro atoms. The van der Waals surface area contributed by atoms with Crippen LogP contribution in [-0.4, -0.2) is 60.6 Å². The van der Waals surface area contributed by atoms with Gasteiger partial charge in [0.1, 0.15) is 6.10 Å². The van der Waals surface area contributed by atoms with Crippen LogP contribution in [-0.2, 0) is 22.4 Å². The Bertz CT molecular complexity index is 677. The van der Waals surface area contributed by atoms with Gasteiger partial charge in [0, 0.05) is 38.5 Å². The quantitative estimate of drug-likeness (QED) is 0.884. The Morgan fingerprint density at radius 2 is 1.77 bits per heavy atom. The molecule has 6 heteroatoms. The van der Waals surface area contributed by atoms with Crippen LogP contribution in [0.5, 0.6) is 0 Å². The molecule has 3 amide bonds. The van der Waals surface area contributed by atoms with Gasteiger partial charge in [-0.25, -0.2) is 4.79 Å². The SMILES string of the molecule is O=C(Nc1cccc2c1CCCC2)N1CCN(C(=O)[C@H]2CCCO2)CC1. The number of amides is 3. The smallest absolute Gasteiger partial charge is 0.321 e. The summed E-state index contributed by atoms with van der Waals surface area (Å²) in [6.45, 7) is 2.98. The second kappa shape index (κ2) is 7.66. The number of urea groups is 1. The molecule has 1 N–H and O–H groups in total. The summed E-state index contributed by atoms with van der Waals surface area (Å²) in [6.07, 6.45) is 6.05. The number of aryl methyl sites for hydroxylation is 1. The number of anilines is 1. The molecule has 1 atom stereocenters. The molecule has 0 saturated carbocycles. The van der Waals surface area contributed by atoms with Crippen molar-refractivity contribution in [1.82, 2.24) is 9.80 Å². The number of rotatable bonds is 2. The second-order valence-corrected chi connectivity index (χ2v) is 7.39. The minimum absolute atomic E-state index is 0.0619. The first-order valence-electron chi connectivity index (χ1n) is 9.79. The lowest BCUT2D eigenvalue weighted by molar-refractivity contribution is -0.142. The van der Waals surface area contributed by atoms with Crippen LogP contribution < -0.4 is 5.32 Å². The number of hydrogen-bond donors (Lipinski definition) is 1. The van der Waals surface area contributed by atoms with Crippen molar-refractivity contribution in [2.45, 2.75) is 44.6 Å². The van der Waals surface area contributed by atoms with Crippen molar-refractivity contribution in [1.29, 1.82) is 0 Å². The number of fused-ring (bicyclic) bond motifs is 1. The van der Waals surface area contributed by atoms with E-state index >= 15 is 0 Å². The van der Waals surface area contributed by atoms with E-state index in [1.165, 1.54) is 24.0 Å². The van der Waals surface area contributed by atoms with Crippen molar-refractivity contribution in [3.8, 4) is 0 Å². The molecule has 6 nitrogen and oxygen atoms in total. The monoisotopic (exact) mass is 357 g/mol. The van der Waals surface area contributed by atoms with E-state index in [4.69, 9.17) is 4.74 Å². The lowest BCUT2D eigenvalue weighted by Crippen LogP contribution is -2.53. The van der Waals surface area contributed by atoms with Crippen LogP contribution in [0.4, 0.5) is 10.5 Å². The summed E-state index contributed by atoms with van der Waals surface area (Å²) in [6, 6.07) is 6.13. The molecule has 140 valence electrons. The Hall–Kier alpha value is -2.08. The molecule has 1 aromatic rings. The molecule has 2 aliphatic heterocycles. The van der Waals surface area contributed by atoms with Gasteiger partial charge in [-0.1, -0.05) is 12.1 Å². The highest BCUT2D eigenvalue weighted by Crippen LogP contribution is 2.28. The largest absolute Gasteiger partial charge is 0.368 e. The van der Waals surface area contributed by atoms with E-state index in [9.17, 15) is 9.59 Å². The Morgan fingerprint density at radius 1 is 1.00 bits per heavy atom. The van der Waals surface area contributed by atoms with E-state index in [-0.39, 0.29) is 18.0 Å². The molecule has 0 unspecified atom stereocenters. The van der Waals surface area contributed by atoms with E-state index in [0.29, 0.717) is 32.8 Å². The average Bonchev–Trinajstić information content (AvgIpc) is 3.23. The molecule has 1 aliphatic carbocycles. The molecule has 3 aliphatic rings. The third-order valence-corrected chi connectivity index (χ3v) is 5.72. The Kier molecular flexibility index (Phi) is 5.11. The fraction of sp³-hybridized carbons (Fsp3) is 0.600. The summed E-state index contributed by atoms with van der Waals surface area (Å²) in [5.41, 5.74) is 3.60. The van der Waals surface area contributed by atoms with Crippen LogP contribution in [0.1, 0.15) is 36.8 Å². The molecular formula is C20H27N3O3. The maximum atomic E-state index is 12.7. The molecule has 0 radical (unpaired) electrons. The molecule has 2 heterocycles. The maximum Gasteiger partial charge on any atom is 0.321 e. The third-order valence-electron chi connectivity index (χ3n) is 5.72. The van der Waals surface area contributed by atoms with Crippen molar-refractivity contribution >= 4 is 17.6 Å². The van der Waals surface area contributed by atoms with Crippen LogP contribution in [0, 0.1) is 0 Å². The average molecular weight is 357 g/mol. The number of carbonyl (C=O) groups is 2. The van der Waals surface area contributed by atoms with Gasteiger partial charge in [0.15, 0.2) is 0 Å². The topological polar surface area (TPSA) is 61.9 Å². The van der Waals surface area contributed by atoms with Crippen LogP contribution in [0.2, 0.25) is 0 Å². The first kappa shape index (κ1) is 17.3. The zero-order valence-electron chi connectivity index (χ0n) is 15.2. The minimum atomic E-state index is -0.272. The summed E-state index contributed by atoms with van der Waals surface area (Å²) in [5, 5.41) is 3.10. The number of nitrogens with zero attached hydrogens (tertiary/aromatic N) is 2. The zero-order chi connectivity index (χ0) is 17.9. The highest BCUT2D eigenvalue weighted by atomic mass is 16.5. The van der Waals surface area contributed by atoms with Gasteiger partial charge < -0.3 is 19.9 Å². The van der Waals surface area contributed by atoms with Gasteiger partial charge in [-0.05, 0) is 55.7 Å². The molecule has 2 fully saturated rings. The van der Waals surface area contributed by atoms with Crippen molar-refractivity contribution in [2.75, 3.05) is 38.1 Å². The first-order chi connectivity index (χ1) is 12.7. The molecular weight excluding hydrogens is 330 g/mol. The van der Waals surface area contributed by atoms with Gasteiger partial charge in [0.25, 0.3) is 5.91 Å². The number of benzene rings is 1. The zero-order valence-corrected chi connectivity index (χ0v) is 15.2. The number of ether oxygens (including phenoxy) is 1. The van der Waals surface area contributed by atoms with Gasteiger partial charge in [0.2, 0.25) is 0 Å². The van der Waals surface area contributed by atoms with Gasteiger partial charge in [-0.3, -0.25) is 4.79 Å². The maximum absolute atomic E-state index is 12.7. The summed E-state index contributed by atoms with van der Waals surface area (Å²) in [7, 11) is 0. The lowest BCUT2D eigenvalue weighted by atomic mass is 9.90. The van der Waals surface area contributed by atoms with E-state index in [1.807, 2.05) is 21.9 Å². The van der Waals surface area contributed by atoms with Gasteiger partial charge in [-0.2, -0.15) is 0 Å². The van der Waals surface area contributed by atoms with E-state index in [0.717, 1.165) is 31.4 Å². The Labute approximate surface area is 154 Å². The van der Waals surface area contributed by atoms with E-state index in [1.54, 1.807) is 0 Å². The van der Waals surface area contributed by atoms with E-state index < -0.39 is 0 Å². The van der Waals surface area contributed by atoms with Crippen LogP contribution in [0.3, 0.4) is 0 Å². The van der Waals surface area contributed by atoms with Gasteiger partial charge >= 0.3 is 6.03 Å². The molecule has 2 saturated heterocycles. The number of piperazine rings is 1. The molecule has 26 heavy (non-hydrogen) atoms. The second-order valence-electron chi connectivity index (χ2n) is 7.39. The lowest BCUT2D eigenvalue weighted by Gasteiger charge is -2.36. The standard InChI is InChI=1S/C20H27N3O3/c24-19(18-9-4-14-26-18)22-10-12-23(13-11-22)20(25)21-17-8-3-6-15-5-1-2-7-16(15)17/h3,6,8,18H,1-2,4-5,7,9-14H2,(H,21,25)/t18-/m1/s1. The third kappa shape index (κ3) is 3.56.